The van der Waals surface area contributed by atoms with E-state index in [4.69, 9.17) is 9.47 Å². The molecule has 1 saturated heterocycles. The average Bonchev–Trinajstić information content (AvgIpc) is 3.29. The van der Waals surface area contributed by atoms with Crippen molar-refractivity contribution in [1.29, 1.82) is 0 Å². The first-order valence-corrected chi connectivity index (χ1v) is 13.2. The second kappa shape index (κ2) is 11.3. The van der Waals surface area contributed by atoms with Gasteiger partial charge in [0.2, 0.25) is 0 Å². The van der Waals surface area contributed by atoms with Crippen LogP contribution in [-0.2, 0) is 4.74 Å². The minimum absolute atomic E-state index is 0.0537. The fraction of sp³-hybridized carbons (Fsp3) is 0.433. The van der Waals surface area contributed by atoms with Gasteiger partial charge in [-0.05, 0) is 90.3 Å². The van der Waals surface area contributed by atoms with Crippen molar-refractivity contribution in [3.8, 4) is 11.4 Å². The van der Waals surface area contributed by atoms with Gasteiger partial charge in [0.1, 0.15) is 11.4 Å². The largest absolute Gasteiger partial charge is 0.494 e. The van der Waals surface area contributed by atoms with Crippen LogP contribution in [0.3, 0.4) is 0 Å². The van der Waals surface area contributed by atoms with Crippen LogP contribution in [0.2, 0.25) is 0 Å². The van der Waals surface area contributed by atoms with E-state index in [2.05, 4.69) is 36.4 Å². The van der Waals surface area contributed by atoms with Gasteiger partial charge in [0.25, 0.3) is 5.91 Å². The summed E-state index contributed by atoms with van der Waals surface area (Å²) >= 11 is 0. The molecule has 1 N–H and O–H groups in total. The molecule has 38 heavy (non-hydrogen) atoms. The molecule has 0 unspecified atom stereocenters. The lowest BCUT2D eigenvalue weighted by Gasteiger charge is -2.34. The fourth-order valence-corrected chi connectivity index (χ4v) is 4.82. The van der Waals surface area contributed by atoms with Crippen molar-refractivity contribution in [1.82, 2.24) is 14.7 Å². The highest BCUT2D eigenvalue weighted by Gasteiger charge is 2.32. The Morgan fingerprint density at radius 3 is 2.34 bits per heavy atom. The number of hydrogen-bond donors (Lipinski definition) is 1. The Bertz CT molecular complexity index is 1280. The quantitative estimate of drug-likeness (QED) is 0.417. The summed E-state index contributed by atoms with van der Waals surface area (Å²) in [6.45, 7) is 13.3. The monoisotopic (exact) mass is 518 g/mol. The van der Waals surface area contributed by atoms with Crippen LogP contribution in [0.5, 0.6) is 5.75 Å². The fourth-order valence-electron chi connectivity index (χ4n) is 4.82. The molecule has 0 spiro atoms. The van der Waals surface area contributed by atoms with Gasteiger partial charge in [0, 0.05) is 24.7 Å². The van der Waals surface area contributed by atoms with E-state index in [0.29, 0.717) is 43.8 Å². The lowest BCUT2D eigenvalue weighted by atomic mass is 9.90. The van der Waals surface area contributed by atoms with Crippen LogP contribution in [0.4, 0.5) is 10.5 Å². The van der Waals surface area contributed by atoms with E-state index in [0.717, 1.165) is 22.7 Å². The van der Waals surface area contributed by atoms with E-state index in [1.165, 1.54) is 5.56 Å². The topological polar surface area (TPSA) is 85.7 Å². The highest BCUT2D eigenvalue weighted by molar-refractivity contribution is 6.05. The summed E-state index contributed by atoms with van der Waals surface area (Å²) < 4.78 is 13.0. The Labute approximate surface area is 224 Å². The number of carbonyl (C=O) groups excluding carboxylic acids is 2. The predicted molar refractivity (Wildman–Crippen MR) is 148 cm³/mol. The first kappa shape index (κ1) is 27.2. The van der Waals surface area contributed by atoms with Crippen LogP contribution < -0.4 is 10.1 Å². The molecule has 0 radical (unpaired) electrons. The molecule has 0 saturated carbocycles. The van der Waals surface area contributed by atoms with Gasteiger partial charge in [-0.2, -0.15) is 5.10 Å². The molecular weight excluding hydrogens is 480 g/mol. The van der Waals surface area contributed by atoms with Gasteiger partial charge >= 0.3 is 6.09 Å². The maximum absolute atomic E-state index is 13.5. The minimum atomic E-state index is -0.540. The molecule has 8 heteroatoms. The molecule has 1 aliphatic rings. The average molecular weight is 519 g/mol. The molecule has 2 aromatic carbocycles. The number of likely N-dealkylation sites (tertiary alicyclic amines) is 1. The van der Waals surface area contributed by atoms with Gasteiger partial charge in [0.15, 0.2) is 0 Å². The molecule has 2 heterocycles. The van der Waals surface area contributed by atoms with Crippen molar-refractivity contribution < 1.29 is 19.1 Å². The van der Waals surface area contributed by atoms with Crippen LogP contribution in [0.15, 0.2) is 48.7 Å². The third kappa shape index (κ3) is 6.36. The second-order valence-electron chi connectivity index (χ2n) is 10.8. The van der Waals surface area contributed by atoms with Crippen LogP contribution >= 0.6 is 0 Å². The van der Waals surface area contributed by atoms with Crippen LogP contribution in [0.1, 0.15) is 73.6 Å². The van der Waals surface area contributed by atoms with Crippen molar-refractivity contribution in [2.45, 2.75) is 65.9 Å². The van der Waals surface area contributed by atoms with E-state index in [1.54, 1.807) is 11.1 Å². The Morgan fingerprint density at radius 1 is 1.05 bits per heavy atom. The van der Waals surface area contributed by atoms with E-state index in [1.807, 2.05) is 62.7 Å². The molecule has 3 aromatic rings. The van der Waals surface area contributed by atoms with Crippen molar-refractivity contribution in [3.05, 3.63) is 71.0 Å². The number of aromatic nitrogens is 2. The van der Waals surface area contributed by atoms with Crippen LogP contribution in [-0.4, -0.2) is 52.0 Å². The molecule has 1 aromatic heterocycles. The number of benzene rings is 2. The third-order valence-electron chi connectivity index (χ3n) is 6.59. The number of aryl methyl sites for hydroxylation is 2. The number of hydrogen-bond acceptors (Lipinski definition) is 5. The van der Waals surface area contributed by atoms with Gasteiger partial charge in [-0.3, -0.25) is 4.79 Å². The molecule has 0 bridgehead atoms. The molecule has 0 aliphatic carbocycles. The number of nitrogens with zero attached hydrogens (tertiary/aromatic N) is 3. The van der Waals surface area contributed by atoms with Crippen molar-refractivity contribution in [2.24, 2.45) is 0 Å². The van der Waals surface area contributed by atoms with Crippen molar-refractivity contribution >= 4 is 17.7 Å². The number of anilines is 1. The van der Waals surface area contributed by atoms with E-state index < -0.39 is 5.60 Å². The normalized spacial score (nSPS) is 14.3. The number of piperidine rings is 1. The van der Waals surface area contributed by atoms with Crippen LogP contribution in [0, 0.1) is 13.8 Å². The molecule has 2 amide bonds. The van der Waals surface area contributed by atoms with Gasteiger partial charge in [0.05, 0.1) is 29.7 Å². The van der Waals surface area contributed by atoms with Crippen LogP contribution in [0.25, 0.3) is 5.69 Å². The zero-order valence-electron chi connectivity index (χ0n) is 23.2. The predicted octanol–water partition coefficient (Wildman–Crippen LogP) is 6.25. The highest BCUT2D eigenvalue weighted by Crippen LogP contribution is 2.34. The summed E-state index contributed by atoms with van der Waals surface area (Å²) in [5.41, 5.74) is 4.74. The lowest BCUT2D eigenvalue weighted by Crippen LogP contribution is -2.41. The molecule has 1 fully saturated rings. The number of carbonyl (C=O) groups is 2. The smallest absolute Gasteiger partial charge is 0.410 e. The zero-order chi connectivity index (χ0) is 27.4. The summed E-state index contributed by atoms with van der Waals surface area (Å²) in [7, 11) is 0. The summed E-state index contributed by atoms with van der Waals surface area (Å²) in [6.07, 6.45) is 2.77. The molecule has 8 nitrogen and oxygen atoms in total. The van der Waals surface area contributed by atoms with Gasteiger partial charge in [-0.25, -0.2) is 9.48 Å². The van der Waals surface area contributed by atoms with E-state index in [-0.39, 0.29) is 17.9 Å². The maximum Gasteiger partial charge on any atom is 0.410 e. The summed E-state index contributed by atoms with van der Waals surface area (Å²) in [5.74, 6) is 0.596. The standard InChI is InChI=1S/C30H38N4O4/c1-7-37-24-11-9-23(10-12-24)32-28(35)25-19-31-34(26-13-8-20(2)18-21(26)3)27(25)22-14-16-33(17-15-22)29(36)38-30(4,5)6/h8-13,18-19,22H,7,14-17H2,1-6H3,(H,32,35). The SMILES string of the molecule is CCOc1ccc(NC(=O)c2cnn(-c3ccc(C)cc3C)c2C2CCN(C(=O)OC(C)(C)C)CC2)cc1. The zero-order valence-corrected chi connectivity index (χ0v) is 23.2. The minimum Gasteiger partial charge on any atom is -0.494 e. The highest BCUT2D eigenvalue weighted by atomic mass is 16.6. The molecule has 0 atom stereocenters. The second-order valence-corrected chi connectivity index (χ2v) is 10.8. The van der Waals surface area contributed by atoms with Gasteiger partial charge in [-0.1, -0.05) is 17.7 Å². The summed E-state index contributed by atoms with van der Waals surface area (Å²) in [5, 5.41) is 7.70. The number of rotatable bonds is 6. The molecule has 202 valence electrons. The summed E-state index contributed by atoms with van der Waals surface area (Å²) in [6, 6.07) is 13.6. The Balaban J connectivity index is 1.62. The van der Waals surface area contributed by atoms with E-state index >= 15 is 0 Å². The first-order valence-electron chi connectivity index (χ1n) is 13.2. The lowest BCUT2D eigenvalue weighted by molar-refractivity contribution is 0.0203. The molecule has 4 rings (SSSR count). The number of amides is 2. The summed E-state index contributed by atoms with van der Waals surface area (Å²) in [4.78, 5) is 27.9. The van der Waals surface area contributed by atoms with Gasteiger partial charge in [-0.15, -0.1) is 0 Å². The number of nitrogens with one attached hydrogen (secondary N) is 1. The van der Waals surface area contributed by atoms with Gasteiger partial charge < -0.3 is 19.7 Å². The molecule has 1 aliphatic heterocycles. The Kier molecular flexibility index (Phi) is 8.09. The Hall–Kier alpha value is -3.81. The molecular formula is C30H38N4O4. The Morgan fingerprint density at radius 2 is 1.74 bits per heavy atom. The third-order valence-corrected chi connectivity index (χ3v) is 6.59. The van der Waals surface area contributed by atoms with Crippen molar-refractivity contribution in [3.63, 3.8) is 0 Å². The van der Waals surface area contributed by atoms with Crippen molar-refractivity contribution in [2.75, 3.05) is 25.0 Å². The number of ether oxygens (including phenoxy) is 2. The maximum atomic E-state index is 13.5. The first-order chi connectivity index (χ1) is 18.1. The van der Waals surface area contributed by atoms with E-state index in [9.17, 15) is 9.59 Å².